The first-order valence-electron chi connectivity index (χ1n) is 7.27. The molecule has 3 heterocycles. The molecule has 0 spiro atoms. The van der Waals surface area contributed by atoms with E-state index in [4.69, 9.17) is 4.74 Å². The molecule has 8 heteroatoms. The van der Waals surface area contributed by atoms with Crippen LogP contribution < -0.4 is 5.32 Å². The van der Waals surface area contributed by atoms with Crippen LogP contribution in [0.25, 0.3) is 11.5 Å². The van der Waals surface area contributed by atoms with E-state index >= 15 is 0 Å². The van der Waals surface area contributed by atoms with E-state index in [1.54, 1.807) is 25.7 Å². The van der Waals surface area contributed by atoms with Crippen molar-refractivity contribution in [1.82, 2.24) is 30.0 Å². The summed E-state index contributed by atoms with van der Waals surface area (Å²) < 4.78 is 6.91. The number of methoxy groups -OCH3 is 1. The van der Waals surface area contributed by atoms with Crippen molar-refractivity contribution in [3.05, 3.63) is 24.4 Å². The van der Waals surface area contributed by atoms with Gasteiger partial charge in [0.1, 0.15) is 11.5 Å². The molecule has 1 amide bonds. The zero-order valence-corrected chi connectivity index (χ0v) is 12.4. The molecule has 3 rings (SSSR count). The minimum Gasteiger partial charge on any atom is -0.383 e. The third-order valence-corrected chi connectivity index (χ3v) is 3.68. The van der Waals surface area contributed by atoms with E-state index in [1.807, 2.05) is 4.57 Å². The Balaban J connectivity index is 1.83. The number of fused-ring (bicyclic) bond motifs is 1. The highest BCUT2D eigenvalue weighted by molar-refractivity contribution is 5.83. The summed E-state index contributed by atoms with van der Waals surface area (Å²) in [4.78, 5) is 20.6. The molecule has 1 unspecified atom stereocenters. The molecule has 8 nitrogen and oxygen atoms in total. The smallest absolute Gasteiger partial charge is 0.230 e. The molecule has 0 aromatic carbocycles. The maximum absolute atomic E-state index is 12.3. The van der Waals surface area contributed by atoms with Crippen LogP contribution in [0.4, 0.5) is 0 Å². The van der Waals surface area contributed by atoms with E-state index < -0.39 is 0 Å². The lowest BCUT2D eigenvalue weighted by atomic mass is 9.98. The van der Waals surface area contributed by atoms with Crippen molar-refractivity contribution < 1.29 is 9.53 Å². The normalized spacial score (nSPS) is 17.0. The topological polar surface area (TPSA) is 94.8 Å². The fraction of sp³-hybridized carbons (Fsp3) is 0.500. The Bertz CT molecular complexity index is 642. The van der Waals surface area contributed by atoms with Gasteiger partial charge < -0.3 is 14.6 Å². The lowest BCUT2D eigenvalue weighted by molar-refractivity contribution is -0.123. The largest absolute Gasteiger partial charge is 0.383 e. The van der Waals surface area contributed by atoms with Gasteiger partial charge in [0.2, 0.25) is 5.91 Å². The molecule has 1 aliphatic rings. The van der Waals surface area contributed by atoms with Crippen LogP contribution in [0.15, 0.2) is 18.6 Å². The zero-order valence-electron chi connectivity index (χ0n) is 12.4. The Morgan fingerprint density at radius 3 is 3.14 bits per heavy atom. The van der Waals surface area contributed by atoms with Gasteiger partial charge in [0, 0.05) is 32.6 Å². The number of nitrogens with zero attached hydrogens (tertiary/aromatic N) is 5. The third-order valence-electron chi connectivity index (χ3n) is 3.68. The van der Waals surface area contributed by atoms with Crippen LogP contribution in [0.5, 0.6) is 0 Å². The van der Waals surface area contributed by atoms with Crippen LogP contribution in [0, 0.1) is 0 Å². The number of hydrogen-bond acceptors (Lipinski definition) is 6. The van der Waals surface area contributed by atoms with Crippen molar-refractivity contribution in [3.8, 4) is 11.5 Å². The number of nitrogens with one attached hydrogen (secondary N) is 1. The predicted molar refractivity (Wildman–Crippen MR) is 77.9 cm³/mol. The monoisotopic (exact) mass is 302 g/mol. The van der Waals surface area contributed by atoms with Gasteiger partial charge in [0.25, 0.3) is 0 Å². The minimum absolute atomic E-state index is 0.0314. The zero-order chi connectivity index (χ0) is 15.4. The van der Waals surface area contributed by atoms with Gasteiger partial charge in [-0.05, 0) is 12.8 Å². The van der Waals surface area contributed by atoms with Gasteiger partial charge in [-0.2, -0.15) is 0 Å². The number of aromatic nitrogens is 5. The van der Waals surface area contributed by atoms with E-state index in [0.717, 1.165) is 19.4 Å². The first-order valence-corrected chi connectivity index (χ1v) is 7.27. The highest BCUT2D eigenvalue weighted by Crippen LogP contribution is 2.29. The maximum Gasteiger partial charge on any atom is 0.230 e. The van der Waals surface area contributed by atoms with Gasteiger partial charge in [-0.25, -0.2) is 4.98 Å². The van der Waals surface area contributed by atoms with Crippen LogP contribution in [0.3, 0.4) is 0 Å². The quantitative estimate of drug-likeness (QED) is 0.802. The second-order valence-corrected chi connectivity index (χ2v) is 5.10. The Morgan fingerprint density at radius 1 is 1.45 bits per heavy atom. The average molecular weight is 302 g/mol. The summed E-state index contributed by atoms with van der Waals surface area (Å²) in [5.74, 6) is 1.05. The van der Waals surface area contributed by atoms with E-state index in [9.17, 15) is 4.79 Å². The molecule has 1 N–H and O–H groups in total. The van der Waals surface area contributed by atoms with Crippen molar-refractivity contribution in [1.29, 1.82) is 0 Å². The molecule has 0 aliphatic carbocycles. The van der Waals surface area contributed by atoms with E-state index in [-0.39, 0.29) is 11.8 Å². The Morgan fingerprint density at radius 2 is 2.36 bits per heavy atom. The summed E-state index contributed by atoms with van der Waals surface area (Å²) >= 11 is 0. The van der Waals surface area contributed by atoms with Gasteiger partial charge in [0.15, 0.2) is 5.82 Å². The Kier molecular flexibility index (Phi) is 4.38. The molecule has 0 fully saturated rings. The van der Waals surface area contributed by atoms with E-state index in [1.165, 1.54) is 0 Å². The SMILES string of the molecule is COCCNC(=O)C1CCCn2c(-c3cnccn3)nnc21. The molecule has 0 saturated carbocycles. The summed E-state index contributed by atoms with van der Waals surface area (Å²) in [6.07, 6.45) is 6.56. The van der Waals surface area contributed by atoms with Crippen LogP contribution in [0.1, 0.15) is 24.6 Å². The molecule has 0 saturated heterocycles. The van der Waals surface area contributed by atoms with Crippen LogP contribution in [-0.2, 0) is 16.1 Å². The molecular formula is C14H18N6O2. The third kappa shape index (κ3) is 2.82. The number of ether oxygens (including phenoxy) is 1. The predicted octanol–water partition coefficient (Wildman–Crippen LogP) is 0.375. The second-order valence-electron chi connectivity index (χ2n) is 5.10. The van der Waals surface area contributed by atoms with Gasteiger partial charge in [0.05, 0.1) is 18.7 Å². The highest BCUT2D eigenvalue weighted by atomic mass is 16.5. The average Bonchev–Trinajstić information content (AvgIpc) is 2.99. The molecule has 22 heavy (non-hydrogen) atoms. The van der Waals surface area contributed by atoms with E-state index in [0.29, 0.717) is 30.5 Å². The van der Waals surface area contributed by atoms with Crippen LogP contribution in [0.2, 0.25) is 0 Å². The summed E-state index contributed by atoms with van der Waals surface area (Å²) in [7, 11) is 1.61. The molecule has 1 aliphatic heterocycles. The fourth-order valence-electron chi connectivity index (χ4n) is 2.63. The summed E-state index contributed by atoms with van der Waals surface area (Å²) in [6.45, 7) is 1.78. The second kappa shape index (κ2) is 6.61. The van der Waals surface area contributed by atoms with Gasteiger partial charge in [-0.15, -0.1) is 10.2 Å². The number of hydrogen-bond donors (Lipinski definition) is 1. The number of carbonyl (C=O) groups excluding carboxylic acids is 1. The summed E-state index contributed by atoms with van der Waals surface area (Å²) in [5.41, 5.74) is 0.668. The first kappa shape index (κ1) is 14.6. The van der Waals surface area contributed by atoms with Crippen molar-refractivity contribution in [3.63, 3.8) is 0 Å². The number of carbonyl (C=O) groups is 1. The van der Waals surface area contributed by atoms with Gasteiger partial charge in [-0.3, -0.25) is 9.78 Å². The van der Waals surface area contributed by atoms with Gasteiger partial charge >= 0.3 is 0 Å². The standard InChI is InChI=1S/C14H18N6O2/c1-22-8-6-17-14(21)10-3-2-7-20-12(10)18-19-13(20)11-9-15-4-5-16-11/h4-5,9-10H,2-3,6-8H2,1H3,(H,17,21). The van der Waals surface area contributed by atoms with E-state index in [2.05, 4.69) is 25.5 Å². The lowest BCUT2D eigenvalue weighted by Gasteiger charge is -2.22. The molecule has 2 aromatic heterocycles. The summed E-state index contributed by atoms with van der Waals surface area (Å²) in [6, 6.07) is 0. The number of rotatable bonds is 5. The summed E-state index contributed by atoms with van der Waals surface area (Å²) in [5, 5.41) is 11.3. The maximum atomic E-state index is 12.3. The Labute approximate surface area is 127 Å². The van der Waals surface area contributed by atoms with Crippen molar-refractivity contribution in [2.24, 2.45) is 0 Å². The first-order chi connectivity index (χ1) is 10.8. The minimum atomic E-state index is -0.275. The van der Waals surface area contributed by atoms with Gasteiger partial charge in [-0.1, -0.05) is 0 Å². The van der Waals surface area contributed by atoms with Crippen LogP contribution in [-0.4, -0.2) is 50.9 Å². The molecule has 116 valence electrons. The van der Waals surface area contributed by atoms with Crippen molar-refractivity contribution in [2.45, 2.75) is 25.3 Å². The van der Waals surface area contributed by atoms with Crippen LogP contribution >= 0.6 is 0 Å². The fourth-order valence-corrected chi connectivity index (χ4v) is 2.63. The number of amides is 1. The molecule has 0 radical (unpaired) electrons. The Hall–Kier alpha value is -2.35. The lowest BCUT2D eigenvalue weighted by Crippen LogP contribution is -2.35. The molecule has 2 aromatic rings. The molecule has 0 bridgehead atoms. The molecular weight excluding hydrogens is 284 g/mol. The molecule has 1 atom stereocenters. The van der Waals surface area contributed by atoms with Crippen molar-refractivity contribution >= 4 is 5.91 Å². The van der Waals surface area contributed by atoms with Crippen molar-refractivity contribution in [2.75, 3.05) is 20.3 Å². The highest BCUT2D eigenvalue weighted by Gasteiger charge is 2.31.